The standard InChI is InChI=1S/C17H16F3NO3/c1-23-14-6-2-4-12(8-14)10-21-16(22)11-24-15-7-3-5-13(9-15)17(18,19)20/h2-9H,10-11H2,1H3,(H,21,22). The van der Waals surface area contributed by atoms with Gasteiger partial charge >= 0.3 is 6.18 Å². The largest absolute Gasteiger partial charge is 0.497 e. The fourth-order valence-electron chi connectivity index (χ4n) is 1.95. The number of ether oxygens (including phenoxy) is 2. The molecule has 0 saturated heterocycles. The quantitative estimate of drug-likeness (QED) is 0.877. The molecule has 0 radical (unpaired) electrons. The van der Waals surface area contributed by atoms with E-state index in [2.05, 4.69) is 5.32 Å². The van der Waals surface area contributed by atoms with E-state index in [0.29, 0.717) is 5.75 Å². The minimum Gasteiger partial charge on any atom is -0.497 e. The van der Waals surface area contributed by atoms with Gasteiger partial charge in [0, 0.05) is 6.54 Å². The fourth-order valence-corrected chi connectivity index (χ4v) is 1.95. The van der Waals surface area contributed by atoms with Gasteiger partial charge in [-0.15, -0.1) is 0 Å². The van der Waals surface area contributed by atoms with Crippen molar-refractivity contribution in [1.82, 2.24) is 5.32 Å². The molecule has 0 aliphatic rings. The van der Waals surface area contributed by atoms with E-state index in [-0.39, 0.29) is 18.9 Å². The average molecular weight is 339 g/mol. The third kappa shape index (κ3) is 5.19. The molecular formula is C17H16F3NO3. The summed E-state index contributed by atoms with van der Waals surface area (Å²) in [6.45, 7) is -0.104. The Bertz CT molecular complexity index is 701. The SMILES string of the molecule is COc1cccc(CNC(=O)COc2cccc(C(F)(F)F)c2)c1. The summed E-state index contributed by atoms with van der Waals surface area (Å²) < 4.78 is 48.0. The molecule has 1 amide bonds. The van der Waals surface area contributed by atoms with Crippen LogP contribution < -0.4 is 14.8 Å². The Morgan fingerprint density at radius 2 is 1.79 bits per heavy atom. The molecule has 1 N–H and O–H groups in total. The highest BCUT2D eigenvalue weighted by molar-refractivity contribution is 5.77. The molecule has 0 fully saturated rings. The lowest BCUT2D eigenvalue weighted by molar-refractivity contribution is -0.137. The average Bonchev–Trinajstić information content (AvgIpc) is 2.58. The van der Waals surface area contributed by atoms with Crippen molar-refractivity contribution in [2.45, 2.75) is 12.7 Å². The van der Waals surface area contributed by atoms with Crippen LogP contribution in [0.2, 0.25) is 0 Å². The summed E-state index contributed by atoms with van der Waals surface area (Å²) in [6.07, 6.45) is -4.45. The molecule has 0 saturated carbocycles. The highest BCUT2D eigenvalue weighted by Crippen LogP contribution is 2.31. The molecule has 0 aromatic heterocycles. The number of rotatable bonds is 6. The molecule has 0 aliphatic heterocycles. The maximum absolute atomic E-state index is 12.6. The second-order valence-corrected chi connectivity index (χ2v) is 4.94. The van der Waals surface area contributed by atoms with Gasteiger partial charge in [0.15, 0.2) is 6.61 Å². The number of carbonyl (C=O) groups excluding carboxylic acids is 1. The molecule has 4 nitrogen and oxygen atoms in total. The van der Waals surface area contributed by atoms with Gasteiger partial charge in [-0.3, -0.25) is 4.79 Å². The maximum atomic E-state index is 12.6. The predicted molar refractivity (Wildman–Crippen MR) is 81.8 cm³/mol. The first-order valence-electron chi connectivity index (χ1n) is 7.08. The van der Waals surface area contributed by atoms with Crippen LogP contribution in [0.15, 0.2) is 48.5 Å². The summed E-state index contributed by atoms with van der Waals surface area (Å²) in [5.74, 6) is 0.221. The molecule has 2 aromatic carbocycles. The molecular weight excluding hydrogens is 323 g/mol. The number of nitrogens with one attached hydrogen (secondary N) is 1. The van der Waals surface area contributed by atoms with Crippen molar-refractivity contribution in [1.29, 1.82) is 0 Å². The topological polar surface area (TPSA) is 47.6 Å². The summed E-state index contributed by atoms with van der Waals surface area (Å²) in [6, 6.07) is 11.5. The fraction of sp³-hybridized carbons (Fsp3) is 0.235. The summed E-state index contributed by atoms with van der Waals surface area (Å²) in [4.78, 5) is 11.7. The van der Waals surface area contributed by atoms with Crippen LogP contribution in [-0.4, -0.2) is 19.6 Å². The van der Waals surface area contributed by atoms with Crippen LogP contribution in [0.3, 0.4) is 0 Å². The van der Waals surface area contributed by atoms with Crippen LogP contribution >= 0.6 is 0 Å². The van der Waals surface area contributed by atoms with Gasteiger partial charge in [0.2, 0.25) is 0 Å². The van der Waals surface area contributed by atoms with E-state index in [4.69, 9.17) is 9.47 Å². The van der Waals surface area contributed by atoms with Crippen LogP contribution in [0.5, 0.6) is 11.5 Å². The normalized spacial score (nSPS) is 11.0. The van der Waals surface area contributed by atoms with E-state index in [1.807, 2.05) is 6.07 Å². The van der Waals surface area contributed by atoms with E-state index < -0.39 is 17.6 Å². The molecule has 0 aliphatic carbocycles. The molecule has 0 bridgehead atoms. The van der Waals surface area contributed by atoms with Gasteiger partial charge in [-0.2, -0.15) is 13.2 Å². The monoisotopic (exact) mass is 339 g/mol. The second kappa shape index (κ2) is 7.72. The molecule has 0 spiro atoms. The smallest absolute Gasteiger partial charge is 0.416 e. The third-order valence-corrected chi connectivity index (χ3v) is 3.16. The minimum atomic E-state index is -4.45. The van der Waals surface area contributed by atoms with E-state index in [1.54, 1.807) is 25.3 Å². The number of amides is 1. The zero-order valence-electron chi connectivity index (χ0n) is 12.9. The highest BCUT2D eigenvalue weighted by Gasteiger charge is 2.30. The molecule has 7 heteroatoms. The van der Waals surface area contributed by atoms with Gasteiger partial charge in [-0.1, -0.05) is 18.2 Å². The summed E-state index contributed by atoms with van der Waals surface area (Å²) >= 11 is 0. The lowest BCUT2D eigenvalue weighted by Gasteiger charge is -2.10. The number of benzene rings is 2. The van der Waals surface area contributed by atoms with Crippen LogP contribution in [0, 0.1) is 0 Å². The number of alkyl halides is 3. The molecule has 2 rings (SSSR count). The Hall–Kier alpha value is -2.70. The Morgan fingerprint density at radius 1 is 1.08 bits per heavy atom. The molecule has 0 heterocycles. The Morgan fingerprint density at radius 3 is 2.50 bits per heavy atom. The van der Waals surface area contributed by atoms with Crippen LogP contribution in [-0.2, 0) is 17.5 Å². The molecule has 0 unspecified atom stereocenters. The number of hydrogen-bond acceptors (Lipinski definition) is 3. The van der Waals surface area contributed by atoms with Crippen molar-refractivity contribution in [3.05, 3.63) is 59.7 Å². The first-order chi connectivity index (χ1) is 11.4. The predicted octanol–water partition coefficient (Wildman–Crippen LogP) is 3.41. The number of halogens is 3. The number of hydrogen-bond donors (Lipinski definition) is 1. The second-order valence-electron chi connectivity index (χ2n) is 4.94. The first kappa shape index (κ1) is 17.7. The summed E-state index contributed by atoms with van der Waals surface area (Å²) in [5.41, 5.74) is 0.0126. The van der Waals surface area contributed by atoms with Gasteiger partial charge in [-0.25, -0.2) is 0 Å². The van der Waals surface area contributed by atoms with Crippen molar-refractivity contribution in [2.24, 2.45) is 0 Å². The maximum Gasteiger partial charge on any atom is 0.416 e. The van der Waals surface area contributed by atoms with Crippen molar-refractivity contribution >= 4 is 5.91 Å². The van der Waals surface area contributed by atoms with E-state index in [9.17, 15) is 18.0 Å². The van der Waals surface area contributed by atoms with E-state index in [0.717, 1.165) is 17.7 Å². The van der Waals surface area contributed by atoms with Crippen molar-refractivity contribution < 1.29 is 27.4 Å². The number of carbonyl (C=O) groups is 1. The van der Waals surface area contributed by atoms with E-state index >= 15 is 0 Å². The van der Waals surface area contributed by atoms with Gasteiger partial charge < -0.3 is 14.8 Å². The van der Waals surface area contributed by atoms with Gasteiger partial charge in [-0.05, 0) is 35.9 Å². The zero-order chi connectivity index (χ0) is 17.6. The molecule has 128 valence electrons. The van der Waals surface area contributed by atoms with Crippen molar-refractivity contribution in [3.8, 4) is 11.5 Å². The van der Waals surface area contributed by atoms with Gasteiger partial charge in [0.05, 0.1) is 12.7 Å². The Balaban J connectivity index is 1.85. The summed E-state index contributed by atoms with van der Waals surface area (Å²) in [5, 5.41) is 2.62. The Kier molecular flexibility index (Phi) is 5.68. The lowest BCUT2D eigenvalue weighted by atomic mass is 10.2. The van der Waals surface area contributed by atoms with Gasteiger partial charge in [0.25, 0.3) is 5.91 Å². The van der Waals surface area contributed by atoms with Crippen LogP contribution in [0.25, 0.3) is 0 Å². The zero-order valence-corrected chi connectivity index (χ0v) is 12.9. The molecule has 0 atom stereocenters. The first-order valence-corrected chi connectivity index (χ1v) is 7.08. The third-order valence-electron chi connectivity index (χ3n) is 3.16. The van der Waals surface area contributed by atoms with E-state index in [1.165, 1.54) is 12.1 Å². The minimum absolute atomic E-state index is 0.0126. The lowest BCUT2D eigenvalue weighted by Crippen LogP contribution is -2.28. The summed E-state index contributed by atoms with van der Waals surface area (Å²) in [7, 11) is 1.54. The van der Waals surface area contributed by atoms with Crippen LogP contribution in [0.1, 0.15) is 11.1 Å². The van der Waals surface area contributed by atoms with Gasteiger partial charge in [0.1, 0.15) is 11.5 Å². The van der Waals surface area contributed by atoms with Crippen LogP contribution in [0.4, 0.5) is 13.2 Å². The Labute approximate surface area is 137 Å². The molecule has 2 aromatic rings. The number of methoxy groups -OCH3 is 1. The van der Waals surface area contributed by atoms with Crippen molar-refractivity contribution in [3.63, 3.8) is 0 Å². The van der Waals surface area contributed by atoms with Crippen molar-refractivity contribution in [2.75, 3.05) is 13.7 Å². The molecule has 24 heavy (non-hydrogen) atoms. The highest BCUT2D eigenvalue weighted by atomic mass is 19.4.